The largest absolute Gasteiger partial charge is 0.493 e. The molecule has 27 heavy (non-hydrogen) atoms. The first-order valence-corrected chi connectivity index (χ1v) is 9.32. The van der Waals surface area contributed by atoms with Gasteiger partial charge in [-0.3, -0.25) is 9.59 Å². The van der Waals surface area contributed by atoms with Crippen LogP contribution in [-0.2, 0) is 11.2 Å². The zero-order chi connectivity index (χ0) is 19.6. The van der Waals surface area contributed by atoms with Crippen molar-refractivity contribution in [3.05, 3.63) is 59.7 Å². The van der Waals surface area contributed by atoms with Crippen LogP contribution in [0.25, 0.3) is 0 Å². The lowest BCUT2D eigenvalue weighted by atomic mass is 10.1. The maximum Gasteiger partial charge on any atom is 0.259 e. The van der Waals surface area contributed by atoms with E-state index < -0.39 is 0 Å². The van der Waals surface area contributed by atoms with Gasteiger partial charge in [0.15, 0.2) is 0 Å². The van der Waals surface area contributed by atoms with Gasteiger partial charge in [0, 0.05) is 19.2 Å². The molecule has 2 aromatic carbocycles. The predicted molar refractivity (Wildman–Crippen MR) is 108 cm³/mol. The third-order valence-corrected chi connectivity index (χ3v) is 4.22. The molecule has 0 bridgehead atoms. The molecule has 0 aliphatic carbocycles. The minimum Gasteiger partial charge on any atom is -0.493 e. The highest BCUT2D eigenvalue weighted by Crippen LogP contribution is 2.21. The van der Waals surface area contributed by atoms with Crippen LogP contribution in [0.15, 0.2) is 48.5 Å². The van der Waals surface area contributed by atoms with Gasteiger partial charge in [0.1, 0.15) is 5.75 Å². The number of hydrogen-bond acceptors (Lipinski definition) is 3. The summed E-state index contributed by atoms with van der Waals surface area (Å²) in [4.78, 5) is 23.9. The minimum atomic E-state index is -0.201. The van der Waals surface area contributed by atoms with E-state index in [-0.39, 0.29) is 11.8 Å². The van der Waals surface area contributed by atoms with Crippen molar-refractivity contribution < 1.29 is 14.3 Å². The molecule has 0 aliphatic heterocycles. The first-order valence-electron chi connectivity index (χ1n) is 9.32. The Bertz CT molecular complexity index is 754. The molecule has 0 heterocycles. The van der Waals surface area contributed by atoms with Gasteiger partial charge in [-0.15, -0.1) is 0 Å². The van der Waals surface area contributed by atoms with Gasteiger partial charge in [-0.2, -0.15) is 0 Å². The average molecular weight is 368 g/mol. The Balaban J connectivity index is 1.97. The summed E-state index contributed by atoms with van der Waals surface area (Å²) < 4.78 is 5.79. The number of carbonyl (C=O) groups excluding carboxylic acids is 2. The van der Waals surface area contributed by atoms with E-state index in [9.17, 15) is 9.59 Å². The van der Waals surface area contributed by atoms with Gasteiger partial charge >= 0.3 is 0 Å². The zero-order valence-electron chi connectivity index (χ0n) is 16.2. The summed E-state index contributed by atoms with van der Waals surface area (Å²) >= 11 is 0. The predicted octanol–water partition coefficient (Wildman–Crippen LogP) is 4.04. The molecule has 0 saturated carbocycles. The second kappa shape index (κ2) is 10.4. The Kier molecular flexibility index (Phi) is 7.86. The zero-order valence-corrected chi connectivity index (χ0v) is 16.2. The summed E-state index contributed by atoms with van der Waals surface area (Å²) in [6.45, 7) is 4.86. The summed E-state index contributed by atoms with van der Waals surface area (Å²) in [6, 6.07) is 14.8. The Morgan fingerprint density at radius 1 is 1.04 bits per heavy atom. The van der Waals surface area contributed by atoms with Crippen molar-refractivity contribution in [3.63, 3.8) is 0 Å². The number of amides is 2. The number of para-hydroxylation sites is 1. The second-order valence-corrected chi connectivity index (χ2v) is 6.85. The summed E-state index contributed by atoms with van der Waals surface area (Å²) in [5, 5.41) is 5.51. The molecule has 144 valence electrons. The van der Waals surface area contributed by atoms with Gasteiger partial charge in [0.2, 0.25) is 5.91 Å². The van der Waals surface area contributed by atoms with Gasteiger partial charge in [-0.1, -0.05) is 38.1 Å². The van der Waals surface area contributed by atoms with Gasteiger partial charge < -0.3 is 15.4 Å². The summed E-state index contributed by atoms with van der Waals surface area (Å²) in [5.74, 6) is 0.959. The molecule has 0 radical (unpaired) electrons. The van der Waals surface area contributed by atoms with Crippen LogP contribution < -0.4 is 15.4 Å². The lowest BCUT2D eigenvalue weighted by Crippen LogP contribution is -2.18. The molecular weight excluding hydrogens is 340 g/mol. The number of nitrogens with one attached hydrogen (secondary N) is 2. The standard InChI is InChI=1S/C22H28N2O3/c1-16(2)14-15-27-20-7-5-4-6-19(20)22(26)24-18-11-8-17(9-12-18)10-13-21(25)23-3/h4-9,11-12,16H,10,13-15H2,1-3H3,(H,23,25)(H,24,26). The summed E-state index contributed by atoms with van der Waals surface area (Å²) in [5.41, 5.74) is 2.28. The van der Waals surface area contributed by atoms with Crippen molar-refractivity contribution in [2.45, 2.75) is 33.1 Å². The van der Waals surface area contributed by atoms with Gasteiger partial charge in [0.25, 0.3) is 5.91 Å². The van der Waals surface area contributed by atoms with Crippen molar-refractivity contribution in [3.8, 4) is 5.75 Å². The highest BCUT2D eigenvalue weighted by molar-refractivity contribution is 6.06. The number of aryl methyl sites for hydroxylation is 1. The number of anilines is 1. The Hall–Kier alpha value is -2.82. The quantitative estimate of drug-likeness (QED) is 0.702. The molecule has 5 nitrogen and oxygen atoms in total. The monoisotopic (exact) mass is 368 g/mol. The number of carbonyl (C=O) groups is 2. The molecule has 0 unspecified atom stereocenters. The molecule has 0 fully saturated rings. The first-order chi connectivity index (χ1) is 13.0. The normalized spacial score (nSPS) is 10.5. The SMILES string of the molecule is CNC(=O)CCc1ccc(NC(=O)c2ccccc2OCCC(C)C)cc1. The number of rotatable bonds is 9. The smallest absolute Gasteiger partial charge is 0.259 e. The molecule has 2 N–H and O–H groups in total. The molecule has 0 spiro atoms. The van der Waals surface area contributed by atoms with Crippen LogP contribution in [-0.4, -0.2) is 25.5 Å². The first kappa shape index (κ1) is 20.5. The number of hydrogen-bond donors (Lipinski definition) is 2. The van der Waals surface area contributed by atoms with E-state index in [0.717, 1.165) is 12.0 Å². The molecule has 2 amide bonds. The van der Waals surface area contributed by atoms with Crippen molar-refractivity contribution in [1.29, 1.82) is 0 Å². The summed E-state index contributed by atoms with van der Waals surface area (Å²) in [6.07, 6.45) is 2.05. The molecule has 0 aliphatic rings. The van der Waals surface area contributed by atoms with Crippen LogP contribution in [0.3, 0.4) is 0 Å². The third-order valence-electron chi connectivity index (χ3n) is 4.22. The highest BCUT2D eigenvalue weighted by Gasteiger charge is 2.12. The highest BCUT2D eigenvalue weighted by atomic mass is 16.5. The van der Waals surface area contributed by atoms with Crippen molar-refractivity contribution in [1.82, 2.24) is 5.32 Å². The van der Waals surface area contributed by atoms with Crippen LogP contribution in [0.1, 0.15) is 42.6 Å². The fourth-order valence-electron chi connectivity index (χ4n) is 2.52. The molecule has 5 heteroatoms. The average Bonchev–Trinajstić information content (AvgIpc) is 2.67. The van der Waals surface area contributed by atoms with E-state index in [1.807, 2.05) is 42.5 Å². The number of benzene rings is 2. The topological polar surface area (TPSA) is 67.4 Å². The minimum absolute atomic E-state index is 0.0152. The Morgan fingerprint density at radius 2 is 1.74 bits per heavy atom. The fourth-order valence-corrected chi connectivity index (χ4v) is 2.52. The van der Waals surface area contributed by atoms with Gasteiger partial charge in [0.05, 0.1) is 12.2 Å². The Morgan fingerprint density at radius 3 is 2.41 bits per heavy atom. The van der Waals surface area contributed by atoms with Gasteiger partial charge in [-0.25, -0.2) is 0 Å². The van der Waals surface area contributed by atoms with E-state index in [1.165, 1.54) is 0 Å². The van der Waals surface area contributed by atoms with E-state index in [0.29, 0.717) is 42.4 Å². The van der Waals surface area contributed by atoms with Crippen molar-refractivity contribution in [2.75, 3.05) is 19.0 Å². The van der Waals surface area contributed by atoms with Gasteiger partial charge in [-0.05, 0) is 48.6 Å². The van der Waals surface area contributed by atoms with Crippen LogP contribution in [0, 0.1) is 5.92 Å². The molecular formula is C22H28N2O3. The lowest BCUT2D eigenvalue weighted by Gasteiger charge is -2.13. The Labute approximate surface area is 161 Å². The van der Waals surface area contributed by atoms with E-state index >= 15 is 0 Å². The van der Waals surface area contributed by atoms with E-state index in [4.69, 9.17) is 4.74 Å². The molecule has 2 rings (SSSR count). The fraction of sp³-hybridized carbons (Fsp3) is 0.364. The van der Waals surface area contributed by atoms with Crippen molar-refractivity contribution in [2.24, 2.45) is 5.92 Å². The molecule has 0 atom stereocenters. The molecule has 2 aromatic rings. The van der Waals surface area contributed by atoms with Crippen LogP contribution in [0.2, 0.25) is 0 Å². The van der Waals surface area contributed by atoms with E-state index in [2.05, 4.69) is 24.5 Å². The van der Waals surface area contributed by atoms with Crippen LogP contribution in [0.5, 0.6) is 5.75 Å². The van der Waals surface area contributed by atoms with Crippen LogP contribution in [0.4, 0.5) is 5.69 Å². The third kappa shape index (κ3) is 6.77. The van der Waals surface area contributed by atoms with Crippen molar-refractivity contribution >= 4 is 17.5 Å². The maximum atomic E-state index is 12.6. The maximum absolute atomic E-state index is 12.6. The molecule has 0 aromatic heterocycles. The lowest BCUT2D eigenvalue weighted by molar-refractivity contribution is -0.120. The van der Waals surface area contributed by atoms with E-state index in [1.54, 1.807) is 13.1 Å². The second-order valence-electron chi connectivity index (χ2n) is 6.85. The number of ether oxygens (including phenoxy) is 1. The van der Waals surface area contributed by atoms with Crippen LogP contribution >= 0.6 is 0 Å². The summed E-state index contributed by atoms with van der Waals surface area (Å²) in [7, 11) is 1.63. The molecule has 0 saturated heterocycles.